The lowest BCUT2D eigenvalue weighted by molar-refractivity contribution is -0.00804. The Hall–Kier alpha value is -1.98. The second-order valence-electron chi connectivity index (χ2n) is 6.25. The minimum Gasteiger partial charge on any atom is -0.490 e. The van der Waals surface area contributed by atoms with Crippen LogP contribution in [0.4, 0.5) is 14.9 Å². The first kappa shape index (κ1) is 15.4. The maximum atomic E-state index is 13.5. The summed E-state index contributed by atoms with van der Waals surface area (Å²) in [5.41, 5.74) is 5.54. The van der Waals surface area contributed by atoms with Crippen molar-refractivity contribution in [1.82, 2.24) is 4.90 Å². The van der Waals surface area contributed by atoms with Gasteiger partial charge in [-0.25, -0.2) is 9.18 Å². The van der Waals surface area contributed by atoms with E-state index < -0.39 is 11.4 Å². The molecule has 2 rings (SSSR count). The zero-order valence-corrected chi connectivity index (χ0v) is 12.6. The van der Waals surface area contributed by atoms with Crippen LogP contribution in [0, 0.1) is 11.7 Å². The lowest BCUT2D eigenvalue weighted by Crippen LogP contribution is -2.53. The van der Waals surface area contributed by atoms with Crippen molar-refractivity contribution in [2.24, 2.45) is 5.92 Å². The van der Waals surface area contributed by atoms with E-state index in [1.54, 1.807) is 4.90 Å². The summed E-state index contributed by atoms with van der Waals surface area (Å²) >= 11 is 0. The number of carbonyl (C=O) groups excluding carboxylic acids is 1. The molecule has 21 heavy (non-hydrogen) atoms. The van der Waals surface area contributed by atoms with Gasteiger partial charge in [-0.1, -0.05) is 0 Å². The molecule has 0 radical (unpaired) electrons. The summed E-state index contributed by atoms with van der Waals surface area (Å²) in [6.07, 6.45) is -0.325. The van der Waals surface area contributed by atoms with Crippen molar-refractivity contribution in [3.05, 3.63) is 24.0 Å². The zero-order valence-electron chi connectivity index (χ0n) is 12.6. The Kier molecular flexibility index (Phi) is 4.25. The molecule has 0 aliphatic carbocycles. The quantitative estimate of drug-likeness (QED) is 0.871. The van der Waals surface area contributed by atoms with E-state index in [9.17, 15) is 9.18 Å². The van der Waals surface area contributed by atoms with Gasteiger partial charge in [0, 0.05) is 30.8 Å². The van der Waals surface area contributed by atoms with Crippen LogP contribution in [0.1, 0.15) is 20.8 Å². The molecule has 0 atom stereocenters. The molecule has 6 heteroatoms. The fourth-order valence-electron chi connectivity index (χ4n) is 1.99. The Morgan fingerprint density at radius 3 is 2.71 bits per heavy atom. The van der Waals surface area contributed by atoms with E-state index in [2.05, 4.69) is 0 Å². The zero-order chi connectivity index (χ0) is 15.6. The summed E-state index contributed by atoms with van der Waals surface area (Å²) < 4.78 is 24.1. The number of hydrogen-bond donors (Lipinski definition) is 1. The maximum Gasteiger partial charge on any atom is 0.410 e. The lowest BCUT2D eigenvalue weighted by atomic mass is 10.0. The Morgan fingerprint density at radius 1 is 1.43 bits per heavy atom. The molecule has 1 saturated heterocycles. The smallest absolute Gasteiger partial charge is 0.410 e. The molecule has 1 fully saturated rings. The SMILES string of the molecule is CC(C)(C)OC(=O)N1CC(COc2cc(N)ccc2F)C1. The fourth-order valence-corrected chi connectivity index (χ4v) is 1.99. The Balaban J connectivity index is 1.76. The van der Waals surface area contributed by atoms with Gasteiger partial charge in [0.15, 0.2) is 11.6 Å². The van der Waals surface area contributed by atoms with Crippen molar-refractivity contribution in [3.63, 3.8) is 0 Å². The standard InChI is InChI=1S/C15H21FN2O3/c1-15(2,3)21-14(19)18-7-10(8-18)9-20-13-6-11(17)4-5-12(13)16/h4-6,10H,7-9,17H2,1-3H3. The molecule has 0 saturated carbocycles. The Labute approximate surface area is 123 Å². The molecule has 1 aliphatic rings. The van der Waals surface area contributed by atoms with Gasteiger partial charge in [-0.3, -0.25) is 0 Å². The molecule has 1 aromatic carbocycles. The maximum absolute atomic E-state index is 13.5. The van der Waals surface area contributed by atoms with Crippen LogP contribution >= 0.6 is 0 Å². The van der Waals surface area contributed by atoms with Crippen LogP contribution < -0.4 is 10.5 Å². The molecule has 2 N–H and O–H groups in total. The number of anilines is 1. The normalized spacial score (nSPS) is 15.5. The van der Waals surface area contributed by atoms with Crippen molar-refractivity contribution in [2.75, 3.05) is 25.4 Å². The molecular formula is C15H21FN2O3. The van der Waals surface area contributed by atoms with Crippen molar-refractivity contribution < 1.29 is 18.7 Å². The van der Waals surface area contributed by atoms with Crippen molar-refractivity contribution in [2.45, 2.75) is 26.4 Å². The highest BCUT2D eigenvalue weighted by atomic mass is 19.1. The second kappa shape index (κ2) is 5.79. The number of rotatable bonds is 3. The number of benzene rings is 1. The van der Waals surface area contributed by atoms with Crippen LogP contribution in [0.25, 0.3) is 0 Å². The van der Waals surface area contributed by atoms with E-state index in [-0.39, 0.29) is 17.8 Å². The van der Waals surface area contributed by atoms with Crippen LogP contribution in [0.2, 0.25) is 0 Å². The van der Waals surface area contributed by atoms with Crippen LogP contribution in [-0.4, -0.2) is 36.3 Å². The highest BCUT2D eigenvalue weighted by molar-refractivity contribution is 5.69. The van der Waals surface area contributed by atoms with E-state index in [1.165, 1.54) is 18.2 Å². The third-order valence-electron chi connectivity index (χ3n) is 3.04. The number of nitrogen functional groups attached to an aromatic ring is 1. The number of amides is 1. The van der Waals surface area contributed by atoms with Gasteiger partial charge in [-0.2, -0.15) is 0 Å². The highest BCUT2D eigenvalue weighted by Gasteiger charge is 2.34. The largest absolute Gasteiger partial charge is 0.490 e. The molecule has 0 aromatic heterocycles. The third-order valence-corrected chi connectivity index (χ3v) is 3.04. The predicted molar refractivity (Wildman–Crippen MR) is 77.6 cm³/mol. The minimum absolute atomic E-state index is 0.144. The summed E-state index contributed by atoms with van der Waals surface area (Å²) in [6, 6.07) is 4.22. The fraction of sp³-hybridized carbons (Fsp3) is 0.533. The van der Waals surface area contributed by atoms with Gasteiger partial charge < -0.3 is 20.1 Å². The van der Waals surface area contributed by atoms with Crippen LogP contribution in [0.3, 0.4) is 0 Å². The van der Waals surface area contributed by atoms with Crippen molar-refractivity contribution in [1.29, 1.82) is 0 Å². The predicted octanol–water partition coefficient (Wildman–Crippen LogP) is 2.65. The van der Waals surface area contributed by atoms with Crippen molar-refractivity contribution in [3.8, 4) is 5.75 Å². The van der Waals surface area contributed by atoms with E-state index in [1.807, 2.05) is 20.8 Å². The van der Waals surface area contributed by atoms with Gasteiger partial charge in [-0.05, 0) is 32.9 Å². The molecule has 1 heterocycles. The number of likely N-dealkylation sites (tertiary alicyclic amines) is 1. The van der Waals surface area contributed by atoms with Gasteiger partial charge in [-0.15, -0.1) is 0 Å². The molecule has 5 nitrogen and oxygen atoms in total. The van der Waals surface area contributed by atoms with Crippen LogP contribution in [0.5, 0.6) is 5.75 Å². The molecule has 0 unspecified atom stereocenters. The number of carbonyl (C=O) groups is 1. The van der Waals surface area contributed by atoms with Gasteiger partial charge in [0.25, 0.3) is 0 Å². The van der Waals surface area contributed by atoms with Gasteiger partial charge in [0.05, 0.1) is 6.61 Å². The van der Waals surface area contributed by atoms with Gasteiger partial charge >= 0.3 is 6.09 Å². The van der Waals surface area contributed by atoms with E-state index >= 15 is 0 Å². The Bertz CT molecular complexity index is 522. The number of nitrogens with two attached hydrogens (primary N) is 1. The topological polar surface area (TPSA) is 64.8 Å². The average molecular weight is 296 g/mol. The highest BCUT2D eigenvalue weighted by Crippen LogP contribution is 2.24. The van der Waals surface area contributed by atoms with Crippen LogP contribution in [0.15, 0.2) is 18.2 Å². The number of hydrogen-bond acceptors (Lipinski definition) is 4. The number of nitrogens with zero attached hydrogens (tertiary/aromatic N) is 1. The van der Waals surface area contributed by atoms with E-state index in [0.29, 0.717) is 25.4 Å². The lowest BCUT2D eigenvalue weighted by Gasteiger charge is -2.39. The molecule has 1 aromatic rings. The van der Waals surface area contributed by atoms with Gasteiger partial charge in [0.2, 0.25) is 0 Å². The number of halogens is 1. The van der Waals surface area contributed by atoms with Gasteiger partial charge in [0.1, 0.15) is 5.60 Å². The van der Waals surface area contributed by atoms with Crippen LogP contribution in [-0.2, 0) is 4.74 Å². The van der Waals surface area contributed by atoms with Crippen molar-refractivity contribution >= 4 is 11.8 Å². The third kappa shape index (κ3) is 4.24. The Morgan fingerprint density at radius 2 is 2.10 bits per heavy atom. The minimum atomic E-state index is -0.497. The average Bonchev–Trinajstić information content (AvgIpc) is 2.29. The first-order valence-electron chi connectivity index (χ1n) is 6.90. The summed E-state index contributed by atoms with van der Waals surface area (Å²) in [6.45, 7) is 6.94. The molecular weight excluding hydrogens is 275 g/mol. The summed E-state index contributed by atoms with van der Waals surface area (Å²) in [5.74, 6) is -0.114. The monoisotopic (exact) mass is 296 g/mol. The first-order valence-corrected chi connectivity index (χ1v) is 6.90. The molecule has 116 valence electrons. The molecule has 1 aliphatic heterocycles. The molecule has 0 bridgehead atoms. The summed E-state index contributed by atoms with van der Waals surface area (Å²) in [7, 11) is 0. The van der Waals surface area contributed by atoms with E-state index in [0.717, 1.165) is 0 Å². The first-order chi connectivity index (χ1) is 9.74. The number of ether oxygens (including phenoxy) is 2. The molecule has 0 spiro atoms. The van der Waals surface area contributed by atoms with E-state index in [4.69, 9.17) is 15.2 Å². The summed E-state index contributed by atoms with van der Waals surface area (Å²) in [4.78, 5) is 13.4. The summed E-state index contributed by atoms with van der Waals surface area (Å²) in [5, 5.41) is 0. The second-order valence-corrected chi connectivity index (χ2v) is 6.25. The molecule has 1 amide bonds.